The zero-order chi connectivity index (χ0) is 19.8. The number of carbonyl (C=O) groups excluding carboxylic acids is 1. The highest BCUT2D eigenvalue weighted by atomic mass is 32.1. The van der Waals surface area contributed by atoms with E-state index in [1.807, 2.05) is 18.2 Å². The van der Waals surface area contributed by atoms with Crippen LogP contribution in [0.1, 0.15) is 10.5 Å². The SMILES string of the molecule is O=C(c1ncoc1-c1ccccc1F)N1CCN(c2nc3ccccc3s2)CC1. The van der Waals surface area contributed by atoms with Crippen molar-refractivity contribution in [1.29, 1.82) is 0 Å². The van der Waals surface area contributed by atoms with E-state index in [1.165, 1.54) is 12.5 Å². The Morgan fingerprint density at radius 2 is 1.79 bits per heavy atom. The van der Waals surface area contributed by atoms with Crippen LogP contribution in [0, 0.1) is 5.82 Å². The van der Waals surface area contributed by atoms with Crippen molar-refractivity contribution in [2.45, 2.75) is 0 Å². The molecule has 0 atom stereocenters. The Hall–Kier alpha value is -3.26. The van der Waals surface area contributed by atoms with Crippen LogP contribution in [0.4, 0.5) is 9.52 Å². The van der Waals surface area contributed by atoms with E-state index < -0.39 is 5.82 Å². The van der Waals surface area contributed by atoms with Gasteiger partial charge in [0.05, 0.1) is 15.8 Å². The van der Waals surface area contributed by atoms with E-state index in [1.54, 1.807) is 34.4 Å². The summed E-state index contributed by atoms with van der Waals surface area (Å²) in [4.78, 5) is 25.7. The lowest BCUT2D eigenvalue weighted by atomic mass is 10.1. The summed E-state index contributed by atoms with van der Waals surface area (Å²) >= 11 is 1.65. The molecule has 1 saturated heterocycles. The average Bonchev–Trinajstić information content (AvgIpc) is 3.41. The first-order valence-corrected chi connectivity index (χ1v) is 10.1. The third kappa shape index (κ3) is 3.25. The van der Waals surface area contributed by atoms with Crippen molar-refractivity contribution in [1.82, 2.24) is 14.9 Å². The van der Waals surface area contributed by atoms with Crippen molar-refractivity contribution in [2.24, 2.45) is 0 Å². The Morgan fingerprint density at radius 1 is 1.03 bits per heavy atom. The molecule has 29 heavy (non-hydrogen) atoms. The second kappa shape index (κ2) is 7.29. The number of hydrogen-bond acceptors (Lipinski definition) is 6. The number of rotatable bonds is 3. The fraction of sp³-hybridized carbons (Fsp3) is 0.190. The average molecular weight is 408 g/mol. The van der Waals surface area contributed by atoms with Crippen LogP contribution in [0.2, 0.25) is 0 Å². The van der Waals surface area contributed by atoms with Crippen LogP contribution in [-0.2, 0) is 0 Å². The van der Waals surface area contributed by atoms with Crippen LogP contribution in [0.5, 0.6) is 0 Å². The highest BCUT2D eigenvalue weighted by Gasteiger charge is 2.28. The third-order valence-electron chi connectivity index (χ3n) is 5.01. The quantitative estimate of drug-likeness (QED) is 0.512. The maximum atomic E-state index is 14.1. The van der Waals surface area contributed by atoms with Gasteiger partial charge in [-0.15, -0.1) is 0 Å². The molecule has 6 nitrogen and oxygen atoms in total. The second-order valence-electron chi connectivity index (χ2n) is 6.75. The van der Waals surface area contributed by atoms with Crippen LogP contribution >= 0.6 is 11.3 Å². The van der Waals surface area contributed by atoms with Crippen molar-refractivity contribution in [2.75, 3.05) is 31.1 Å². The number of nitrogens with zero attached hydrogens (tertiary/aromatic N) is 4. The predicted molar refractivity (Wildman–Crippen MR) is 110 cm³/mol. The molecule has 0 saturated carbocycles. The number of hydrogen-bond donors (Lipinski definition) is 0. The summed E-state index contributed by atoms with van der Waals surface area (Å²) in [6, 6.07) is 14.3. The zero-order valence-corrected chi connectivity index (χ0v) is 16.2. The summed E-state index contributed by atoms with van der Waals surface area (Å²) in [6.07, 6.45) is 1.19. The summed E-state index contributed by atoms with van der Waals surface area (Å²) < 4.78 is 20.6. The molecular formula is C21H17FN4O2S. The second-order valence-corrected chi connectivity index (χ2v) is 7.76. The van der Waals surface area contributed by atoms with Crippen molar-refractivity contribution >= 4 is 32.6 Å². The van der Waals surface area contributed by atoms with Crippen molar-refractivity contribution in [3.05, 3.63) is 66.4 Å². The lowest BCUT2D eigenvalue weighted by Gasteiger charge is -2.34. The summed E-state index contributed by atoms with van der Waals surface area (Å²) in [6.45, 7) is 2.44. The molecule has 4 aromatic rings. The number of carbonyl (C=O) groups is 1. The normalized spacial score (nSPS) is 14.5. The number of halogens is 1. The van der Waals surface area contributed by atoms with Crippen LogP contribution in [0.3, 0.4) is 0 Å². The van der Waals surface area contributed by atoms with Crippen LogP contribution in [-0.4, -0.2) is 47.0 Å². The molecule has 146 valence electrons. The summed E-state index contributed by atoms with van der Waals surface area (Å²) in [5.41, 5.74) is 1.37. The van der Waals surface area contributed by atoms with Gasteiger partial charge in [-0.1, -0.05) is 35.6 Å². The number of thiazole rings is 1. The van der Waals surface area contributed by atoms with Gasteiger partial charge in [0.25, 0.3) is 5.91 Å². The fourth-order valence-corrected chi connectivity index (χ4v) is 4.50. The van der Waals surface area contributed by atoms with E-state index in [9.17, 15) is 9.18 Å². The van der Waals surface area contributed by atoms with Gasteiger partial charge < -0.3 is 14.2 Å². The lowest BCUT2D eigenvalue weighted by Crippen LogP contribution is -2.49. The maximum absolute atomic E-state index is 14.1. The Morgan fingerprint density at radius 3 is 2.59 bits per heavy atom. The molecular weight excluding hydrogens is 391 g/mol. The maximum Gasteiger partial charge on any atom is 0.276 e. The third-order valence-corrected chi connectivity index (χ3v) is 6.11. The number of amides is 1. The molecule has 1 aliphatic rings. The van der Waals surface area contributed by atoms with E-state index in [-0.39, 0.29) is 22.9 Å². The minimum atomic E-state index is -0.445. The van der Waals surface area contributed by atoms with Gasteiger partial charge in [-0.05, 0) is 24.3 Å². The number of oxazole rings is 1. The molecule has 0 bridgehead atoms. The minimum absolute atomic E-state index is 0.142. The summed E-state index contributed by atoms with van der Waals surface area (Å²) in [5.74, 6) is -0.526. The molecule has 0 radical (unpaired) electrons. The van der Waals surface area contributed by atoms with Gasteiger partial charge in [-0.3, -0.25) is 4.79 Å². The topological polar surface area (TPSA) is 62.5 Å². The van der Waals surface area contributed by atoms with Crippen molar-refractivity contribution in [3.63, 3.8) is 0 Å². The first-order valence-electron chi connectivity index (χ1n) is 9.29. The standard InChI is InChI=1S/C21H17FN4O2S/c22-15-6-2-1-5-14(15)19-18(23-13-28-19)20(27)25-9-11-26(12-10-25)21-24-16-7-3-4-8-17(16)29-21/h1-8,13H,9-12H2. The van der Waals surface area contributed by atoms with Gasteiger partial charge in [0.15, 0.2) is 23.0 Å². The van der Waals surface area contributed by atoms with Crippen LogP contribution in [0.25, 0.3) is 21.5 Å². The molecule has 2 aromatic carbocycles. The minimum Gasteiger partial charge on any atom is -0.443 e. The van der Waals surface area contributed by atoms with Crippen molar-refractivity contribution in [3.8, 4) is 11.3 Å². The molecule has 0 N–H and O–H groups in total. The molecule has 2 aromatic heterocycles. The molecule has 0 spiro atoms. The highest BCUT2D eigenvalue weighted by Crippen LogP contribution is 2.30. The first kappa shape index (κ1) is 17.8. The number of piperazine rings is 1. The van der Waals surface area contributed by atoms with E-state index >= 15 is 0 Å². The fourth-order valence-electron chi connectivity index (χ4n) is 3.48. The zero-order valence-electron chi connectivity index (χ0n) is 15.4. The lowest BCUT2D eigenvalue weighted by molar-refractivity contribution is 0.0742. The van der Waals surface area contributed by atoms with E-state index in [2.05, 4.69) is 16.0 Å². The Kier molecular flexibility index (Phi) is 4.48. The van der Waals surface area contributed by atoms with Crippen LogP contribution in [0.15, 0.2) is 59.3 Å². The first-order chi connectivity index (χ1) is 14.2. The molecule has 3 heterocycles. The Bertz CT molecular complexity index is 1150. The summed E-state index contributed by atoms with van der Waals surface area (Å²) in [5, 5.41) is 0.965. The van der Waals surface area contributed by atoms with Gasteiger partial charge in [0, 0.05) is 26.2 Å². The van der Waals surface area contributed by atoms with E-state index in [0.29, 0.717) is 26.2 Å². The highest BCUT2D eigenvalue weighted by molar-refractivity contribution is 7.22. The molecule has 0 aliphatic carbocycles. The monoisotopic (exact) mass is 408 g/mol. The number of anilines is 1. The molecule has 8 heteroatoms. The molecule has 5 rings (SSSR count). The van der Waals surface area contributed by atoms with Gasteiger partial charge in [-0.25, -0.2) is 14.4 Å². The molecule has 1 fully saturated rings. The molecule has 1 aliphatic heterocycles. The van der Waals surface area contributed by atoms with Crippen LogP contribution < -0.4 is 4.90 Å². The van der Waals surface area contributed by atoms with Gasteiger partial charge in [0.2, 0.25) is 0 Å². The number of benzene rings is 2. The Labute approximate surface area is 170 Å². The number of fused-ring (bicyclic) bond motifs is 1. The van der Waals surface area contributed by atoms with E-state index in [4.69, 9.17) is 9.40 Å². The predicted octanol–water partition coefficient (Wildman–Crippen LogP) is 4.05. The largest absolute Gasteiger partial charge is 0.443 e. The van der Waals surface area contributed by atoms with Gasteiger partial charge in [-0.2, -0.15) is 0 Å². The van der Waals surface area contributed by atoms with Gasteiger partial charge in [0.1, 0.15) is 5.82 Å². The smallest absolute Gasteiger partial charge is 0.276 e. The van der Waals surface area contributed by atoms with E-state index in [0.717, 1.165) is 15.3 Å². The van der Waals surface area contributed by atoms with Crippen molar-refractivity contribution < 1.29 is 13.6 Å². The molecule has 1 amide bonds. The Balaban J connectivity index is 1.32. The number of para-hydroxylation sites is 1. The summed E-state index contributed by atoms with van der Waals surface area (Å²) in [7, 11) is 0. The number of aromatic nitrogens is 2. The molecule has 0 unspecified atom stereocenters. The van der Waals surface area contributed by atoms with Gasteiger partial charge >= 0.3 is 0 Å².